The first-order valence-corrected chi connectivity index (χ1v) is 5.27. The van der Waals surface area contributed by atoms with E-state index < -0.39 is 5.97 Å². The van der Waals surface area contributed by atoms with E-state index in [-0.39, 0.29) is 5.82 Å². The number of rotatable bonds is 4. The lowest BCUT2D eigenvalue weighted by molar-refractivity contribution is 0.0508. The van der Waals surface area contributed by atoms with E-state index in [4.69, 9.17) is 9.26 Å². The zero-order valence-corrected chi connectivity index (χ0v) is 8.90. The Kier molecular flexibility index (Phi) is 2.70. The molecule has 2 rings (SSSR count). The average Bonchev–Trinajstić information content (AvgIpc) is 2.86. The predicted molar refractivity (Wildman–Crippen MR) is 51.4 cm³/mol. The van der Waals surface area contributed by atoms with E-state index in [9.17, 15) is 4.79 Å². The summed E-state index contributed by atoms with van der Waals surface area (Å²) in [5, 5.41) is 3.60. The average molecular weight is 210 g/mol. The van der Waals surface area contributed by atoms with Crippen molar-refractivity contribution in [3.63, 3.8) is 0 Å². The number of aromatic nitrogens is 2. The van der Waals surface area contributed by atoms with Gasteiger partial charge >= 0.3 is 5.97 Å². The summed E-state index contributed by atoms with van der Waals surface area (Å²) in [6, 6.07) is 0. The van der Waals surface area contributed by atoms with Gasteiger partial charge in [-0.3, -0.25) is 0 Å². The van der Waals surface area contributed by atoms with Crippen molar-refractivity contribution in [3.05, 3.63) is 11.7 Å². The molecule has 0 aliphatic heterocycles. The minimum atomic E-state index is -0.513. The minimum Gasteiger partial charge on any atom is -0.460 e. The van der Waals surface area contributed by atoms with E-state index in [1.807, 2.05) is 0 Å². The molecule has 15 heavy (non-hydrogen) atoms. The largest absolute Gasteiger partial charge is 0.460 e. The molecule has 1 aromatic heterocycles. The van der Waals surface area contributed by atoms with Gasteiger partial charge in [-0.25, -0.2) is 4.79 Å². The van der Waals surface area contributed by atoms with Gasteiger partial charge in [-0.1, -0.05) is 13.3 Å². The number of hydrogen-bond donors (Lipinski definition) is 0. The molecule has 0 spiro atoms. The summed E-state index contributed by atoms with van der Waals surface area (Å²) >= 11 is 0. The Bertz CT molecular complexity index is 361. The van der Waals surface area contributed by atoms with Crippen molar-refractivity contribution in [3.8, 4) is 0 Å². The van der Waals surface area contributed by atoms with Crippen LogP contribution in [-0.2, 0) is 4.74 Å². The molecular weight excluding hydrogens is 196 g/mol. The van der Waals surface area contributed by atoms with Crippen molar-refractivity contribution in [2.45, 2.75) is 32.6 Å². The van der Waals surface area contributed by atoms with Crippen LogP contribution < -0.4 is 0 Å². The molecule has 1 aliphatic rings. The smallest absolute Gasteiger partial charge is 0.379 e. The van der Waals surface area contributed by atoms with Crippen molar-refractivity contribution < 1.29 is 14.1 Å². The number of esters is 1. The van der Waals surface area contributed by atoms with Crippen molar-refractivity contribution in [2.75, 3.05) is 6.61 Å². The van der Waals surface area contributed by atoms with E-state index >= 15 is 0 Å². The lowest BCUT2D eigenvalue weighted by atomic mass is 10.2. The van der Waals surface area contributed by atoms with Crippen molar-refractivity contribution in [1.29, 1.82) is 0 Å². The molecule has 1 aliphatic carbocycles. The molecule has 0 saturated heterocycles. The second-order valence-corrected chi connectivity index (χ2v) is 3.69. The first-order valence-electron chi connectivity index (χ1n) is 5.27. The fourth-order valence-electron chi connectivity index (χ4n) is 1.67. The van der Waals surface area contributed by atoms with Gasteiger partial charge in [-0.05, 0) is 24.4 Å². The molecule has 1 heterocycles. The third-order valence-electron chi connectivity index (χ3n) is 2.66. The van der Waals surface area contributed by atoms with E-state index in [0.717, 1.165) is 12.8 Å². The Balaban J connectivity index is 2.02. The Labute approximate surface area is 87.8 Å². The number of carbonyl (C=O) groups is 1. The van der Waals surface area contributed by atoms with Gasteiger partial charge in [0, 0.05) is 5.92 Å². The van der Waals surface area contributed by atoms with Gasteiger partial charge in [-0.15, -0.1) is 0 Å². The fraction of sp³-hybridized carbons (Fsp3) is 0.700. The lowest BCUT2D eigenvalue weighted by Crippen LogP contribution is -2.06. The SMILES string of the molecule is CCOC(=O)c1noc([C@@H]2C[C@H]2CC)n1. The molecule has 0 unspecified atom stereocenters. The summed E-state index contributed by atoms with van der Waals surface area (Å²) in [5.41, 5.74) is 0. The minimum absolute atomic E-state index is 0.0357. The molecule has 5 heteroatoms. The van der Waals surface area contributed by atoms with Gasteiger partial charge in [0.25, 0.3) is 5.82 Å². The molecule has 0 N–H and O–H groups in total. The zero-order chi connectivity index (χ0) is 10.8. The van der Waals surface area contributed by atoms with Gasteiger partial charge in [0.15, 0.2) is 0 Å². The summed E-state index contributed by atoms with van der Waals surface area (Å²) < 4.78 is 9.80. The summed E-state index contributed by atoms with van der Waals surface area (Å²) in [4.78, 5) is 15.3. The van der Waals surface area contributed by atoms with Crippen LogP contribution in [0.15, 0.2) is 4.52 Å². The number of carbonyl (C=O) groups excluding carboxylic acids is 1. The Morgan fingerprint density at radius 2 is 2.40 bits per heavy atom. The van der Waals surface area contributed by atoms with Crippen LogP contribution in [0.4, 0.5) is 0 Å². The molecular formula is C10H14N2O3. The predicted octanol–water partition coefficient (Wildman–Crippen LogP) is 1.76. The lowest BCUT2D eigenvalue weighted by Gasteiger charge is -1.93. The number of ether oxygens (including phenoxy) is 1. The Morgan fingerprint density at radius 1 is 1.60 bits per heavy atom. The van der Waals surface area contributed by atoms with Crippen molar-refractivity contribution in [1.82, 2.24) is 10.1 Å². The fourth-order valence-corrected chi connectivity index (χ4v) is 1.67. The standard InChI is InChI=1S/C10H14N2O3/c1-3-6-5-7(6)9-11-8(12-15-9)10(13)14-4-2/h6-7H,3-5H2,1-2H3/t6-,7-/m1/s1. The van der Waals surface area contributed by atoms with Crippen LogP contribution in [0.25, 0.3) is 0 Å². The molecule has 0 bridgehead atoms. The van der Waals surface area contributed by atoms with E-state index in [0.29, 0.717) is 24.3 Å². The number of hydrogen-bond acceptors (Lipinski definition) is 5. The van der Waals surface area contributed by atoms with Gasteiger partial charge in [-0.2, -0.15) is 4.98 Å². The van der Waals surface area contributed by atoms with Gasteiger partial charge in [0.1, 0.15) is 0 Å². The van der Waals surface area contributed by atoms with Crippen LogP contribution in [0, 0.1) is 5.92 Å². The molecule has 1 saturated carbocycles. The molecule has 5 nitrogen and oxygen atoms in total. The highest BCUT2D eigenvalue weighted by Gasteiger charge is 2.41. The topological polar surface area (TPSA) is 65.2 Å². The van der Waals surface area contributed by atoms with Crippen molar-refractivity contribution >= 4 is 5.97 Å². The van der Waals surface area contributed by atoms with Gasteiger partial charge in [0.05, 0.1) is 6.61 Å². The van der Waals surface area contributed by atoms with Crippen LogP contribution in [0.3, 0.4) is 0 Å². The van der Waals surface area contributed by atoms with E-state index in [1.54, 1.807) is 6.92 Å². The summed E-state index contributed by atoms with van der Waals surface area (Å²) in [6.45, 7) is 4.20. The molecule has 82 valence electrons. The first kappa shape index (κ1) is 10.1. The van der Waals surface area contributed by atoms with Crippen LogP contribution in [0.2, 0.25) is 0 Å². The molecule has 0 amide bonds. The second-order valence-electron chi connectivity index (χ2n) is 3.69. The molecule has 0 aromatic carbocycles. The monoisotopic (exact) mass is 210 g/mol. The highest BCUT2D eigenvalue weighted by Crippen LogP contribution is 2.48. The van der Waals surface area contributed by atoms with Crippen LogP contribution >= 0.6 is 0 Å². The highest BCUT2D eigenvalue weighted by molar-refractivity contribution is 5.84. The third-order valence-corrected chi connectivity index (χ3v) is 2.66. The summed E-state index contributed by atoms with van der Waals surface area (Å²) in [5.74, 6) is 1.09. The second kappa shape index (κ2) is 4.00. The van der Waals surface area contributed by atoms with E-state index in [2.05, 4.69) is 17.1 Å². The van der Waals surface area contributed by atoms with Crippen LogP contribution in [0.5, 0.6) is 0 Å². The normalized spacial score (nSPS) is 23.9. The summed E-state index contributed by atoms with van der Waals surface area (Å²) in [6.07, 6.45) is 2.20. The molecule has 1 fully saturated rings. The zero-order valence-electron chi connectivity index (χ0n) is 8.90. The maximum atomic E-state index is 11.2. The Hall–Kier alpha value is -1.39. The molecule has 1 aromatic rings. The first-order chi connectivity index (χ1) is 7.26. The highest BCUT2D eigenvalue weighted by atomic mass is 16.5. The maximum absolute atomic E-state index is 11.2. The van der Waals surface area contributed by atoms with Crippen LogP contribution in [-0.4, -0.2) is 22.7 Å². The van der Waals surface area contributed by atoms with Gasteiger partial charge < -0.3 is 9.26 Å². The number of nitrogens with zero attached hydrogens (tertiary/aromatic N) is 2. The van der Waals surface area contributed by atoms with Crippen LogP contribution in [0.1, 0.15) is 49.1 Å². The molecule has 0 radical (unpaired) electrons. The van der Waals surface area contributed by atoms with E-state index in [1.165, 1.54) is 0 Å². The molecule has 2 atom stereocenters. The maximum Gasteiger partial charge on any atom is 0.379 e. The summed E-state index contributed by atoms with van der Waals surface area (Å²) in [7, 11) is 0. The Morgan fingerprint density at radius 3 is 3.00 bits per heavy atom. The quantitative estimate of drug-likeness (QED) is 0.708. The van der Waals surface area contributed by atoms with Gasteiger partial charge in [0.2, 0.25) is 5.89 Å². The van der Waals surface area contributed by atoms with Crippen molar-refractivity contribution in [2.24, 2.45) is 5.92 Å². The third kappa shape index (κ3) is 2.00.